The fourth-order valence-corrected chi connectivity index (χ4v) is 2.45. The molecule has 1 aromatic rings. The molecule has 1 N–H and O–H groups in total. The summed E-state index contributed by atoms with van der Waals surface area (Å²) >= 11 is 0. The van der Waals surface area contributed by atoms with Crippen molar-refractivity contribution in [2.45, 2.75) is 51.2 Å². The van der Waals surface area contributed by atoms with Gasteiger partial charge < -0.3 is 10.1 Å². The van der Waals surface area contributed by atoms with Gasteiger partial charge in [0.2, 0.25) is 0 Å². The lowest BCUT2D eigenvalue weighted by Crippen LogP contribution is -2.41. The number of ether oxygens (including phenoxy) is 1. The molecule has 1 saturated carbocycles. The Kier molecular flexibility index (Phi) is 5.31. The summed E-state index contributed by atoms with van der Waals surface area (Å²) < 4.78 is 17.9. The van der Waals surface area contributed by atoms with E-state index in [0.717, 1.165) is 25.7 Å². The van der Waals surface area contributed by atoms with Crippen LogP contribution in [0.5, 0.6) is 0 Å². The van der Waals surface area contributed by atoms with E-state index in [1.165, 1.54) is 24.3 Å². The van der Waals surface area contributed by atoms with E-state index in [1.807, 2.05) is 0 Å². The Bertz CT molecular complexity index is 495. The molecule has 21 heavy (non-hydrogen) atoms. The number of hydrogen-bond donors (Lipinski definition) is 1. The molecule has 4 nitrogen and oxygen atoms in total. The largest absolute Gasteiger partial charge is 0.452 e. The van der Waals surface area contributed by atoms with Gasteiger partial charge in [-0.2, -0.15) is 0 Å². The first-order chi connectivity index (χ1) is 10.0. The number of amides is 1. The Morgan fingerprint density at radius 2 is 1.90 bits per heavy atom. The monoisotopic (exact) mass is 293 g/mol. The van der Waals surface area contributed by atoms with Crippen molar-refractivity contribution in [3.05, 3.63) is 35.6 Å². The normalized spacial score (nSPS) is 16.5. The van der Waals surface area contributed by atoms with Crippen LogP contribution in [-0.2, 0) is 20.7 Å². The van der Waals surface area contributed by atoms with Crippen molar-refractivity contribution in [2.75, 3.05) is 0 Å². The molecule has 0 bridgehead atoms. The number of halogens is 1. The van der Waals surface area contributed by atoms with Gasteiger partial charge in [-0.15, -0.1) is 0 Å². The molecule has 2 rings (SSSR count). The van der Waals surface area contributed by atoms with Crippen molar-refractivity contribution in [2.24, 2.45) is 0 Å². The molecular weight excluding hydrogens is 273 g/mol. The first-order valence-electron chi connectivity index (χ1n) is 7.29. The summed E-state index contributed by atoms with van der Waals surface area (Å²) in [6.07, 6.45) is 3.46. The van der Waals surface area contributed by atoms with Crippen LogP contribution >= 0.6 is 0 Å². The molecule has 0 radical (unpaired) electrons. The average molecular weight is 293 g/mol. The number of nitrogens with one attached hydrogen (secondary N) is 1. The van der Waals surface area contributed by atoms with Crippen LogP contribution in [0.1, 0.15) is 38.2 Å². The van der Waals surface area contributed by atoms with Crippen molar-refractivity contribution < 1.29 is 18.7 Å². The third-order valence-electron chi connectivity index (χ3n) is 3.64. The zero-order valence-electron chi connectivity index (χ0n) is 12.1. The van der Waals surface area contributed by atoms with Gasteiger partial charge in [0.1, 0.15) is 5.82 Å². The fraction of sp³-hybridized carbons (Fsp3) is 0.500. The molecule has 0 heterocycles. The first-order valence-corrected chi connectivity index (χ1v) is 7.29. The van der Waals surface area contributed by atoms with Crippen molar-refractivity contribution in [3.63, 3.8) is 0 Å². The number of carbonyl (C=O) groups excluding carboxylic acids is 2. The molecule has 5 heteroatoms. The van der Waals surface area contributed by atoms with E-state index in [9.17, 15) is 14.0 Å². The van der Waals surface area contributed by atoms with Crippen LogP contribution in [0.3, 0.4) is 0 Å². The summed E-state index contributed by atoms with van der Waals surface area (Å²) in [7, 11) is 0. The van der Waals surface area contributed by atoms with Gasteiger partial charge in [-0.3, -0.25) is 9.59 Å². The van der Waals surface area contributed by atoms with E-state index >= 15 is 0 Å². The summed E-state index contributed by atoms with van der Waals surface area (Å²) in [6, 6.07) is 5.84. The zero-order chi connectivity index (χ0) is 15.2. The highest BCUT2D eigenvalue weighted by Gasteiger charge is 2.22. The van der Waals surface area contributed by atoms with Crippen molar-refractivity contribution in [1.29, 1.82) is 0 Å². The van der Waals surface area contributed by atoms with Gasteiger partial charge in [-0.1, -0.05) is 25.0 Å². The van der Waals surface area contributed by atoms with E-state index in [0.29, 0.717) is 5.56 Å². The molecule has 0 saturated heterocycles. The molecule has 1 amide bonds. The Morgan fingerprint density at radius 1 is 1.29 bits per heavy atom. The van der Waals surface area contributed by atoms with Gasteiger partial charge in [-0.25, -0.2) is 4.39 Å². The van der Waals surface area contributed by atoms with Crippen LogP contribution < -0.4 is 5.32 Å². The Morgan fingerprint density at radius 3 is 2.52 bits per heavy atom. The molecule has 0 aliphatic heterocycles. The van der Waals surface area contributed by atoms with E-state index in [2.05, 4.69) is 5.32 Å². The van der Waals surface area contributed by atoms with Crippen LogP contribution in [0, 0.1) is 5.82 Å². The summed E-state index contributed by atoms with van der Waals surface area (Å²) in [6.45, 7) is 1.56. The third-order valence-corrected chi connectivity index (χ3v) is 3.64. The van der Waals surface area contributed by atoms with Crippen LogP contribution in [-0.4, -0.2) is 24.0 Å². The molecule has 1 aromatic carbocycles. The van der Waals surface area contributed by atoms with Crippen LogP contribution in [0.2, 0.25) is 0 Å². The van der Waals surface area contributed by atoms with Crippen LogP contribution in [0.25, 0.3) is 0 Å². The number of esters is 1. The van der Waals surface area contributed by atoms with E-state index < -0.39 is 12.1 Å². The molecule has 1 fully saturated rings. The van der Waals surface area contributed by atoms with Crippen molar-refractivity contribution in [3.8, 4) is 0 Å². The predicted octanol–water partition coefficient (Wildman–Crippen LogP) is 2.36. The highest BCUT2D eigenvalue weighted by Crippen LogP contribution is 2.17. The van der Waals surface area contributed by atoms with E-state index in [-0.39, 0.29) is 24.2 Å². The fourth-order valence-electron chi connectivity index (χ4n) is 2.45. The summed E-state index contributed by atoms with van der Waals surface area (Å²) in [4.78, 5) is 23.6. The minimum absolute atomic E-state index is 0.0291. The highest BCUT2D eigenvalue weighted by atomic mass is 19.1. The zero-order valence-corrected chi connectivity index (χ0v) is 12.1. The van der Waals surface area contributed by atoms with Gasteiger partial charge in [0.15, 0.2) is 6.10 Å². The second-order valence-electron chi connectivity index (χ2n) is 5.43. The maximum atomic E-state index is 12.8. The SMILES string of the molecule is C[C@H](OC(=O)Cc1ccc(F)cc1)C(=O)NC1CCCC1. The Hall–Kier alpha value is -1.91. The lowest BCUT2D eigenvalue weighted by molar-refractivity contribution is -0.154. The lowest BCUT2D eigenvalue weighted by Gasteiger charge is -2.17. The Labute approximate surface area is 123 Å². The number of rotatable bonds is 5. The minimum atomic E-state index is -0.807. The van der Waals surface area contributed by atoms with Crippen molar-refractivity contribution >= 4 is 11.9 Å². The van der Waals surface area contributed by atoms with E-state index in [1.54, 1.807) is 6.92 Å². The Balaban J connectivity index is 1.78. The van der Waals surface area contributed by atoms with Gasteiger partial charge in [0.05, 0.1) is 6.42 Å². The number of hydrogen-bond acceptors (Lipinski definition) is 3. The third kappa shape index (κ3) is 4.85. The molecule has 0 unspecified atom stereocenters. The molecule has 114 valence electrons. The van der Waals surface area contributed by atoms with Gasteiger partial charge in [-0.05, 0) is 37.5 Å². The van der Waals surface area contributed by atoms with Crippen LogP contribution in [0.4, 0.5) is 4.39 Å². The predicted molar refractivity (Wildman–Crippen MR) is 76.1 cm³/mol. The molecule has 0 spiro atoms. The second-order valence-corrected chi connectivity index (χ2v) is 5.43. The maximum Gasteiger partial charge on any atom is 0.311 e. The quantitative estimate of drug-likeness (QED) is 0.848. The number of carbonyl (C=O) groups is 2. The van der Waals surface area contributed by atoms with Crippen molar-refractivity contribution in [1.82, 2.24) is 5.32 Å². The topological polar surface area (TPSA) is 55.4 Å². The summed E-state index contributed by atoms with van der Waals surface area (Å²) in [5.74, 6) is -1.10. The smallest absolute Gasteiger partial charge is 0.311 e. The first kappa shape index (κ1) is 15.5. The molecular formula is C16H20FNO3. The van der Waals surface area contributed by atoms with E-state index in [4.69, 9.17) is 4.74 Å². The molecule has 1 aliphatic rings. The summed E-state index contributed by atoms with van der Waals surface area (Å²) in [5, 5.41) is 2.89. The highest BCUT2D eigenvalue weighted by molar-refractivity contribution is 5.84. The molecule has 1 atom stereocenters. The summed E-state index contributed by atoms with van der Waals surface area (Å²) in [5.41, 5.74) is 0.657. The molecule has 1 aliphatic carbocycles. The van der Waals surface area contributed by atoms with Crippen LogP contribution in [0.15, 0.2) is 24.3 Å². The number of benzene rings is 1. The average Bonchev–Trinajstić information content (AvgIpc) is 2.94. The standard InChI is InChI=1S/C16H20FNO3/c1-11(16(20)18-14-4-2-3-5-14)21-15(19)10-12-6-8-13(17)9-7-12/h6-9,11,14H,2-5,10H2,1H3,(H,18,20)/t11-/m0/s1. The minimum Gasteiger partial charge on any atom is -0.452 e. The second kappa shape index (κ2) is 7.20. The van der Waals surface area contributed by atoms with Gasteiger partial charge in [0.25, 0.3) is 5.91 Å². The van der Waals surface area contributed by atoms with Gasteiger partial charge >= 0.3 is 5.97 Å². The van der Waals surface area contributed by atoms with Gasteiger partial charge in [0, 0.05) is 6.04 Å². The molecule has 0 aromatic heterocycles. The maximum absolute atomic E-state index is 12.8. The lowest BCUT2D eigenvalue weighted by atomic mass is 10.1.